The zero-order chi connectivity index (χ0) is 16.3. The predicted octanol–water partition coefficient (Wildman–Crippen LogP) is 5.41. The van der Waals surface area contributed by atoms with E-state index in [0.29, 0.717) is 5.02 Å². The highest BCUT2D eigenvalue weighted by molar-refractivity contribution is 9.10. The van der Waals surface area contributed by atoms with Gasteiger partial charge in [-0.05, 0) is 67.2 Å². The van der Waals surface area contributed by atoms with Gasteiger partial charge in [0.2, 0.25) is 0 Å². The number of aromatic nitrogens is 1. The number of carbonyl (C=O) groups is 1. The van der Waals surface area contributed by atoms with Crippen molar-refractivity contribution in [2.24, 2.45) is 0 Å². The van der Waals surface area contributed by atoms with Gasteiger partial charge in [-0.2, -0.15) is 0 Å². The number of benzene rings is 1. The van der Waals surface area contributed by atoms with Gasteiger partial charge in [0.05, 0.1) is 0 Å². The molecule has 2 rings (SSSR count). The Balaban J connectivity index is 2.03. The van der Waals surface area contributed by atoms with E-state index in [1.54, 1.807) is 0 Å². The lowest BCUT2D eigenvalue weighted by molar-refractivity contribution is -0.148. The maximum atomic E-state index is 11.6. The van der Waals surface area contributed by atoms with Gasteiger partial charge in [-0.15, -0.1) is 0 Å². The SMILES string of the molecule is CC(C)(C)OC(=O)C=CCCc1cc(Cl)cc2[nH]cc(Br)c12. The molecule has 0 fully saturated rings. The number of carbonyl (C=O) groups excluding carboxylic acids is 1. The second-order valence-corrected chi connectivity index (χ2v) is 7.39. The van der Waals surface area contributed by atoms with Gasteiger partial charge in [0, 0.05) is 32.7 Å². The largest absolute Gasteiger partial charge is 0.457 e. The van der Waals surface area contributed by atoms with Gasteiger partial charge in [-0.25, -0.2) is 4.79 Å². The number of esters is 1. The van der Waals surface area contributed by atoms with Crippen LogP contribution < -0.4 is 0 Å². The summed E-state index contributed by atoms with van der Waals surface area (Å²) in [5.41, 5.74) is 1.69. The minimum absolute atomic E-state index is 0.313. The molecule has 0 atom stereocenters. The molecule has 1 N–H and O–H groups in total. The van der Waals surface area contributed by atoms with Crippen LogP contribution in [0, 0.1) is 0 Å². The number of H-pyrrole nitrogens is 1. The molecule has 118 valence electrons. The fraction of sp³-hybridized carbons (Fsp3) is 0.353. The molecule has 1 aromatic heterocycles. The number of aromatic amines is 1. The monoisotopic (exact) mass is 383 g/mol. The summed E-state index contributed by atoms with van der Waals surface area (Å²) in [4.78, 5) is 14.8. The molecule has 0 aliphatic heterocycles. The molecule has 0 unspecified atom stereocenters. The lowest BCUT2D eigenvalue weighted by Crippen LogP contribution is -2.22. The minimum atomic E-state index is -0.462. The van der Waals surface area contributed by atoms with Gasteiger partial charge in [-0.1, -0.05) is 17.7 Å². The van der Waals surface area contributed by atoms with Crippen LogP contribution in [0.1, 0.15) is 32.8 Å². The zero-order valence-electron chi connectivity index (χ0n) is 12.9. The molecule has 0 saturated carbocycles. The van der Waals surface area contributed by atoms with Gasteiger partial charge >= 0.3 is 5.97 Å². The molecule has 0 amide bonds. The van der Waals surface area contributed by atoms with Crippen molar-refractivity contribution < 1.29 is 9.53 Å². The third-order valence-electron chi connectivity index (χ3n) is 3.02. The summed E-state index contributed by atoms with van der Waals surface area (Å²) in [5, 5.41) is 1.84. The lowest BCUT2D eigenvalue weighted by Gasteiger charge is -2.17. The van der Waals surface area contributed by atoms with E-state index in [4.69, 9.17) is 16.3 Å². The average molecular weight is 385 g/mol. The van der Waals surface area contributed by atoms with Gasteiger partial charge in [0.1, 0.15) is 5.60 Å². The van der Waals surface area contributed by atoms with Crippen molar-refractivity contribution in [2.75, 3.05) is 0 Å². The average Bonchev–Trinajstić information content (AvgIpc) is 2.74. The molecule has 0 aliphatic rings. The quantitative estimate of drug-likeness (QED) is 0.565. The molecule has 3 nitrogen and oxygen atoms in total. The van der Waals surface area contributed by atoms with Crippen LogP contribution in [0.4, 0.5) is 0 Å². The third-order valence-corrected chi connectivity index (χ3v) is 3.86. The summed E-state index contributed by atoms with van der Waals surface area (Å²) in [7, 11) is 0. The fourth-order valence-corrected chi connectivity index (χ4v) is 3.05. The van der Waals surface area contributed by atoms with Crippen molar-refractivity contribution in [3.05, 3.63) is 45.5 Å². The number of halogens is 2. The number of fused-ring (bicyclic) bond motifs is 1. The number of nitrogens with one attached hydrogen (secondary N) is 1. The number of hydrogen-bond acceptors (Lipinski definition) is 2. The van der Waals surface area contributed by atoms with E-state index >= 15 is 0 Å². The van der Waals surface area contributed by atoms with Crippen LogP contribution in [-0.2, 0) is 16.0 Å². The van der Waals surface area contributed by atoms with E-state index in [1.807, 2.05) is 45.2 Å². The first kappa shape index (κ1) is 17.1. The number of ether oxygens (including phenoxy) is 1. The van der Waals surface area contributed by atoms with E-state index in [0.717, 1.165) is 33.8 Å². The van der Waals surface area contributed by atoms with Crippen LogP contribution in [0.3, 0.4) is 0 Å². The summed E-state index contributed by atoms with van der Waals surface area (Å²) < 4.78 is 6.25. The van der Waals surface area contributed by atoms with Crippen LogP contribution in [-0.4, -0.2) is 16.6 Å². The summed E-state index contributed by atoms with van der Waals surface area (Å²) in [6.07, 6.45) is 6.76. The van der Waals surface area contributed by atoms with E-state index in [-0.39, 0.29) is 5.97 Å². The smallest absolute Gasteiger partial charge is 0.330 e. The first-order valence-electron chi connectivity index (χ1n) is 7.11. The Hall–Kier alpha value is -1.26. The van der Waals surface area contributed by atoms with Crippen LogP contribution in [0.5, 0.6) is 0 Å². The van der Waals surface area contributed by atoms with E-state index in [9.17, 15) is 4.79 Å². The highest BCUT2D eigenvalue weighted by atomic mass is 79.9. The van der Waals surface area contributed by atoms with E-state index < -0.39 is 5.60 Å². The van der Waals surface area contributed by atoms with E-state index in [2.05, 4.69) is 20.9 Å². The highest BCUT2D eigenvalue weighted by Crippen LogP contribution is 2.30. The van der Waals surface area contributed by atoms with Crippen molar-refractivity contribution in [2.45, 2.75) is 39.2 Å². The summed E-state index contributed by atoms with van der Waals surface area (Å²) in [6, 6.07) is 3.87. The Morgan fingerprint density at radius 1 is 1.41 bits per heavy atom. The Labute approximate surface area is 143 Å². The van der Waals surface area contributed by atoms with Crippen LogP contribution in [0.25, 0.3) is 10.9 Å². The summed E-state index contributed by atoms with van der Waals surface area (Å²) in [6.45, 7) is 5.56. The Bertz CT molecular complexity index is 713. The maximum Gasteiger partial charge on any atom is 0.330 e. The molecule has 0 aliphatic carbocycles. The van der Waals surface area contributed by atoms with Crippen molar-refractivity contribution in [1.29, 1.82) is 0 Å². The normalized spacial score (nSPS) is 12.2. The molecule has 1 aromatic carbocycles. The van der Waals surface area contributed by atoms with Crippen LogP contribution >= 0.6 is 27.5 Å². The molecule has 5 heteroatoms. The Morgan fingerprint density at radius 3 is 2.82 bits per heavy atom. The van der Waals surface area contributed by atoms with Crippen molar-refractivity contribution in [3.8, 4) is 0 Å². The highest BCUT2D eigenvalue weighted by Gasteiger charge is 2.13. The van der Waals surface area contributed by atoms with Gasteiger partial charge in [0.25, 0.3) is 0 Å². The standard InChI is InChI=1S/C17H19BrClNO2/c1-17(2,3)22-15(21)7-5-4-6-11-8-12(19)9-14-16(11)13(18)10-20-14/h5,7-10,20H,4,6H2,1-3H3. The molecular formula is C17H19BrClNO2. The van der Waals surface area contributed by atoms with Gasteiger partial charge in [-0.3, -0.25) is 0 Å². The second kappa shape index (κ2) is 6.88. The molecule has 0 saturated heterocycles. The molecule has 2 aromatic rings. The summed E-state index contributed by atoms with van der Waals surface area (Å²) in [5.74, 6) is -0.313. The number of aryl methyl sites for hydroxylation is 1. The fourth-order valence-electron chi connectivity index (χ4n) is 2.22. The first-order chi connectivity index (χ1) is 10.3. The van der Waals surface area contributed by atoms with Gasteiger partial charge in [0.15, 0.2) is 0 Å². The van der Waals surface area contributed by atoms with Crippen molar-refractivity contribution in [1.82, 2.24) is 4.98 Å². The molecule has 1 heterocycles. The lowest BCUT2D eigenvalue weighted by atomic mass is 10.1. The Morgan fingerprint density at radius 2 is 2.14 bits per heavy atom. The molecule has 22 heavy (non-hydrogen) atoms. The maximum absolute atomic E-state index is 11.6. The summed E-state index contributed by atoms with van der Waals surface area (Å²) >= 11 is 9.68. The zero-order valence-corrected chi connectivity index (χ0v) is 15.2. The number of hydrogen-bond donors (Lipinski definition) is 1. The van der Waals surface area contributed by atoms with Gasteiger partial charge < -0.3 is 9.72 Å². The molecule has 0 radical (unpaired) electrons. The molecular weight excluding hydrogens is 366 g/mol. The van der Waals surface area contributed by atoms with E-state index in [1.165, 1.54) is 6.08 Å². The molecule has 0 spiro atoms. The Kier molecular flexibility index (Phi) is 5.35. The van der Waals surface area contributed by atoms with Crippen LogP contribution in [0.15, 0.2) is 35.0 Å². The minimum Gasteiger partial charge on any atom is -0.457 e. The third kappa shape index (κ3) is 4.62. The second-order valence-electron chi connectivity index (χ2n) is 6.10. The number of allylic oxidation sites excluding steroid dienone is 1. The number of rotatable bonds is 4. The topological polar surface area (TPSA) is 42.1 Å². The first-order valence-corrected chi connectivity index (χ1v) is 8.28. The van der Waals surface area contributed by atoms with Crippen molar-refractivity contribution in [3.63, 3.8) is 0 Å². The predicted molar refractivity (Wildman–Crippen MR) is 94.3 cm³/mol. The van der Waals surface area contributed by atoms with Crippen LogP contribution in [0.2, 0.25) is 5.02 Å². The molecule has 0 bridgehead atoms. The van der Waals surface area contributed by atoms with Crippen molar-refractivity contribution >= 4 is 44.4 Å².